The topological polar surface area (TPSA) is 15.6 Å². The third-order valence-electron chi connectivity index (χ3n) is 0.873. The van der Waals surface area contributed by atoms with Crippen molar-refractivity contribution in [3.63, 3.8) is 0 Å². The molecule has 3 heteroatoms. The second-order valence-electron chi connectivity index (χ2n) is 2.19. The van der Waals surface area contributed by atoms with Crippen LogP contribution in [0.5, 0.6) is 0 Å². The third-order valence-corrected chi connectivity index (χ3v) is 1.52. The van der Waals surface area contributed by atoms with E-state index in [2.05, 4.69) is 20.9 Å². The quantitative estimate of drug-likeness (QED) is 0.504. The predicted molar refractivity (Wildman–Crippen MR) is 50.0 cm³/mol. The average molecular weight is 205 g/mol. The second-order valence-corrected chi connectivity index (χ2v) is 2.75. The summed E-state index contributed by atoms with van der Waals surface area (Å²) in [6.07, 6.45) is 3.87. The number of hydrogen-bond acceptors (Lipinski definition) is 2. The Labute approximate surface area is 70.8 Å². The highest BCUT2D eigenvalue weighted by molar-refractivity contribution is 9.09. The number of hydrogen-bond donors (Lipinski definition) is 0. The van der Waals surface area contributed by atoms with Gasteiger partial charge in [0.15, 0.2) is 0 Å². The first-order chi connectivity index (χ1) is 4.70. The van der Waals surface area contributed by atoms with E-state index in [4.69, 9.17) is 0 Å². The molecule has 2 nitrogen and oxygen atoms in total. The largest absolute Gasteiger partial charge is 0.383 e. The Morgan fingerprint density at radius 3 is 2.50 bits per heavy atom. The van der Waals surface area contributed by atoms with E-state index in [9.17, 15) is 0 Å². The first-order valence-corrected chi connectivity index (χ1v) is 4.18. The van der Waals surface area contributed by atoms with Crippen LogP contribution in [-0.4, -0.2) is 37.6 Å². The van der Waals surface area contributed by atoms with Gasteiger partial charge in [0.2, 0.25) is 0 Å². The van der Waals surface area contributed by atoms with E-state index in [1.54, 1.807) is 7.05 Å². The SMILES string of the molecule is CN=CC(=CN(C)C)CBr. The van der Waals surface area contributed by atoms with Crippen LogP contribution in [0.25, 0.3) is 0 Å². The summed E-state index contributed by atoms with van der Waals surface area (Å²) in [5, 5.41) is 0.850. The molecule has 0 heterocycles. The molecule has 0 saturated carbocycles. The average Bonchev–Trinajstić information content (AvgIpc) is 1.86. The molecule has 0 amide bonds. The van der Waals surface area contributed by atoms with Crippen molar-refractivity contribution in [3.8, 4) is 0 Å². The highest BCUT2D eigenvalue weighted by Gasteiger charge is 1.88. The summed E-state index contributed by atoms with van der Waals surface area (Å²) in [4.78, 5) is 5.91. The van der Waals surface area contributed by atoms with Gasteiger partial charge < -0.3 is 4.90 Å². The Bertz CT molecular complexity index is 139. The standard InChI is InChI=1S/C7H13BrN2/c1-9-5-7(4-8)6-10(2)3/h5-6H,4H2,1-3H3. The molecule has 0 aliphatic heterocycles. The van der Waals surface area contributed by atoms with Crippen molar-refractivity contribution in [1.29, 1.82) is 0 Å². The Hall–Kier alpha value is -0.310. The molecule has 0 bridgehead atoms. The van der Waals surface area contributed by atoms with Crippen LogP contribution in [0.1, 0.15) is 0 Å². The van der Waals surface area contributed by atoms with Crippen molar-refractivity contribution in [2.24, 2.45) is 4.99 Å². The summed E-state index contributed by atoms with van der Waals surface area (Å²) in [5.74, 6) is 0. The zero-order chi connectivity index (χ0) is 7.98. The lowest BCUT2D eigenvalue weighted by atomic mass is 10.3. The smallest absolute Gasteiger partial charge is 0.0312 e. The lowest BCUT2D eigenvalue weighted by Gasteiger charge is -2.05. The van der Waals surface area contributed by atoms with Gasteiger partial charge in [0.25, 0.3) is 0 Å². The second kappa shape index (κ2) is 5.47. The summed E-state index contributed by atoms with van der Waals surface area (Å²) >= 11 is 3.36. The van der Waals surface area contributed by atoms with Gasteiger partial charge in [-0.2, -0.15) is 0 Å². The van der Waals surface area contributed by atoms with Crippen LogP contribution in [0.4, 0.5) is 0 Å². The fourth-order valence-electron chi connectivity index (χ4n) is 0.600. The van der Waals surface area contributed by atoms with Crippen LogP contribution in [0.2, 0.25) is 0 Å². The van der Waals surface area contributed by atoms with Crippen molar-refractivity contribution in [2.45, 2.75) is 0 Å². The maximum atomic E-state index is 3.91. The Morgan fingerprint density at radius 1 is 1.60 bits per heavy atom. The molecule has 0 radical (unpaired) electrons. The predicted octanol–water partition coefficient (Wildman–Crippen LogP) is 1.53. The van der Waals surface area contributed by atoms with Gasteiger partial charge in [-0.05, 0) is 5.57 Å². The van der Waals surface area contributed by atoms with E-state index in [0.717, 1.165) is 5.33 Å². The Balaban J connectivity index is 4.04. The van der Waals surface area contributed by atoms with Gasteiger partial charge in [-0.25, -0.2) is 0 Å². The lowest BCUT2D eigenvalue weighted by Crippen LogP contribution is -2.04. The van der Waals surface area contributed by atoms with E-state index in [-0.39, 0.29) is 0 Å². The molecule has 0 unspecified atom stereocenters. The monoisotopic (exact) mass is 204 g/mol. The van der Waals surface area contributed by atoms with Crippen molar-refractivity contribution >= 4 is 22.1 Å². The molecule has 0 aromatic heterocycles. The van der Waals surface area contributed by atoms with Crippen LogP contribution < -0.4 is 0 Å². The minimum absolute atomic E-state index is 0.850. The summed E-state index contributed by atoms with van der Waals surface area (Å²) in [5.41, 5.74) is 1.17. The van der Waals surface area contributed by atoms with Crippen molar-refractivity contribution < 1.29 is 0 Å². The maximum absolute atomic E-state index is 3.91. The highest BCUT2D eigenvalue weighted by Crippen LogP contribution is 1.96. The maximum Gasteiger partial charge on any atom is 0.0312 e. The number of alkyl halides is 1. The molecular formula is C7H13BrN2. The van der Waals surface area contributed by atoms with Gasteiger partial charge in [-0.15, -0.1) is 0 Å². The molecule has 0 N–H and O–H groups in total. The van der Waals surface area contributed by atoms with Crippen molar-refractivity contribution in [1.82, 2.24) is 4.90 Å². The van der Waals surface area contributed by atoms with Gasteiger partial charge in [0.1, 0.15) is 0 Å². The number of rotatable bonds is 3. The number of aliphatic imine (C=N–C) groups is 1. The molecule has 0 aromatic carbocycles. The molecule has 0 fully saturated rings. The third kappa shape index (κ3) is 4.56. The van der Waals surface area contributed by atoms with Crippen LogP contribution in [0.3, 0.4) is 0 Å². The molecule has 0 aliphatic rings. The summed E-state index contributed by atoms with van der Waals surface area (Å²) < 4.78 is 0. The minimum Gasteiger partial charge on any atom is -0.383 e. The normalized spacial score (nSPS) is 12.6. The number of halogens is 1. The zero-order valence-electron chi connectivity index (χ0n) is 6.63. The van der Waals surface area contributed by atoms with E-state index in [0.29, 0.717) is 0 Å². The number of allylic oxidation sites excluding steroid dienone is 1. The zero-order valence-corrected chi connectivity index (χ0v) is 8.22. The first kappa shape index (κ1) is 9.69. The van der Waals surface area contributed by atoms with Crippen molar-refractivity contribution in [3.05, 3.63) is 11.8 Å². The van der Waals surface area contributed by atoms with Gasteiger partial charge in [-0.1, -0.05) is 15.9 Å². The summed E-state index contributed by atoms with van der Waals surface area (Å²) in [7, 11) is 5.75. The van der Waals surface area contributed by atoms with E-state index in [1.165, 1.54) is 5.57 Å². The molecule has 0 rings (SSSR count). The van der Waals surface area contributed by atoms with E-state index in [1.807, 2.05) is 31.4 Å². The van der Waals surface area contributed by atoms with Gasteiger partial charge in [-0.3, -0.25) is 4.99 Å². The summed E-state index contributed by atoms with van der Waals surface area (Å²) in [6, 6.07) is 0. The molecule has 0 aromatic rings. The molecule has 58 valence electrons. The number of nitrogens with zero attached hydrogens (tertiary/aromatic N) is 2. The van der Waals surface area contributed by atoms with Gasteiger partial charge in [0.05, 0.1) is 0 Å². The molecular weight excluding hydrogens is 192 g/mol. The Kier molecular flexibility index (Phi) is 5.30. The molecule has 10 heavy (non-hydrogen) atoms. The van der Waals surface area contributed by atoms with E-state index >= 15 is 0 Å². The molecule has 0 spiro atoms. The van der Waals surface area contributed by atoms with Crippen LogP contribution in [0.15, 0.2) is 16.8 Å². The van der Waals surface area contributed by atoms with Crippen LogP contribution in [0, 0.1) is 0 Å². The van der Waals surface area contributed by atoms with Crippen molar-refractivity contribution in [2.75, 3.05) is 26.5 Å². The Morgan fingerprint density at radius 2 is 2.20 bits per heavy atom. The van der Waals surface area contributed by atoms with Crippen LogP contribution >= 0.6 is 15.9 Å². The van der Waals surface area contributed by atoms with Gasteiger partial charge >= 0.3 is 0 Å². The molecule has 0 atom stereocenters. The van der Waals surface area contributed by atoms with Gasteiger partial charge in [0, 0.05) is 38.9 Å². The van der Waals surface area contributed by atoms with Crippen LogP contribution in [-0.2, 0) is 0 Å². The fraction of sp³-hybridized carbons (Fsp3) is 0.571. The minimum atomic E-state index is 0.850. The molecule has 0 aliphatic carbocycles. The summed E-state index contributed by atoms with van der Waals surface area (Å²) in [6.45, 7) is 0. The fourth-order valence-corrected chi connectivity index (χ4v) is 0.889. The first-order valence-electron chi connectivity index (χ1n) is 3.06. The lowest BCUT2D eigenvalue weighted by molar-refractivity contribution is 0.561. The van der Waals surface area contributed by atoms with E-state index < -0.39 is 0 Å². The molecule has 0 saturated heterocycles. The highest BCUT2D eigenvalue weighted by atomic mass is 79.9.